The van der Waals surface area contributed by atoms with Gasteiger partial charge in [0, 0.05) is 12.1 Å². The average molecular weight is 462 g/mol. The number of nitrogens with one attached hydrogen (secondary N) is 1. The summed E-state index contributed by atoms with van der Waals surface area (Å²) in [5, 5.41) is 2.24. The SMILES string of the molecule is CCN(c1ccccc1)S(=O)(=O)c1cc(C(=O)Nc2ccccc2C(F)(F)F)ccc1C. The lowest BCUT2D eigenvalue weighted by Gasteiger charge is -2.24. The van der Waals surface area contributed by atoms with Gasteiger partial charge in [-0.3, -0.25) is 9.10 Å². The van der Waals surface area contributed by atoms with Gasteiger partial charge in [0.2, 0.25) is 0 Å². The monoisotopic (exact) mass is 462 g/mol. The molecule has 9 heteroatoms. The predicted octanol–water partition coefficient (Wildman–Crippen LogP) is 5.48. The Kier molecular flexibility index (Phi) is 6.59. The average Bonchev–Trinajstić information content (AvgIpc) is 2.74. The van der Waals surface area contributed by atoms with Crippen molar-refractivity contribution in [1.29, 1.82) is 0 Å². The summed E-state index contributed by atoms with van der Waals surface area (Å²) in [5.41, 5.74) is -0.603. The van der Waals surface area contributed by atoms with Crippen molar-refractivity contribution in [2.75, 3.05) is 16.2 Å². The highest BCUT2D eigenvalue weighted by atomic mass is 32.2. The van der Waals surface area contributed by atoms with Crippen LogP contribution in [-0.4, -0.2) is 20.9 Å². The van der Waals surface area contributed by atoms with Gasteiger partial charge in [0.1, 0.15) is 0 Å². The number of anilines is 2. The smallest absolute Gasteiger partial charge is 0.321 e. The number of alkyl halides is 3. The molecule has 0 atom stereocenters. The molecule has 3 rings (SSSR count). The molecule has 0 saturated heterocycles. The van der Waals surface area contributed by atoms with Gasteiger partial charge in [-0.05, 0) is 55.8 Å². The molecule has 0 saturated carbocycles. The Bertz CT molecular complexity index is 1230. The molecule has 1 amide bonds. The third-order valence-electron chi connectivity index (χ3n) is 4.83. The van der Waals surface area contributed by atoms with Gasteiger partial charge >= 0.3 is 6.18 Å². The fourth-order valence-electron chi connectivity index (χ4n) is 3.26. The second kappa shape index (κ2) is 9.04. The Morgan fingerprint density at radius 3 is 2.22 bits per heavy atom. The van der Waals surface area contributed by atoms with Gasteiger partial charge in [-0.1, -0.05) is 36.4 Å². The van der Waals surface area contributed by atoms with E-state index in [1.807, 2.05) is 0 Å². The van der Waals surface area contributed by atoms with Gasteiger partial charge in [-0.2, -0.15) is 13.2 Å². The van der Waals surface area contributed by atoms with Crippen molar-refractivity contribution in [2.45, 2.75) is 24.9 Å². The summed E-state index contributed by atoms with van der Waals surface area (Å²) < 4.78 is 67.6. The van der Waals surface area contributed by atoms with Gasteiger partial charge in [0.25, 0.3) is 15.9 Å². The quantitative estimate of drug-likeness (QED) is 0.527. The molecule has 5 nitrogen and oxygen atoms in total. The van der Waals surface area contributed by atoms with E-state index >= 15 is 0 Å². The van der Waals surface area contributed by atoms with E-state index in [-0.39, 0.29) is 17.0 Å². The number of carbonyl (C=O) groups excluding carboxylic acids is 1. The molecule has 0 spiro atoms. The van der Waals surface area contributed by atoms with E-state index in [4.69, 9.17) is 0 Å². The van der Waals surface area contributed by atoms with E-state index in [0.717, 1.165) is 12.1 Å². The van der Waals surface area contributed by atoms with Crippen LogP contribution in [0.3, 0.4) is 0 Å². The minimum absolute atomic E-state index is 0.0738. The summed E-state index contributed by atoms with van der Waals surface area (Å²) in [6, 6.07) is 17.1. The number of hydrogen-bond donors (Lipinski definition) is 1. The van der Waals surface area contributed by atoms with E-state index in [2.05, 4.69) is 5.32 Å². The Labute approximate surface area is 184 Å². The highest BCUT2D eigenvalue weighted by Crippen LogP contribution is 2.35. The number of carbonyl (C=O) groups is 1. The number of halogens is 3. The topological polar surface area (TPSA) is 66.5 Å². The van der Waals surface area contributed by atoms with Crippen LogP contribution in [0.5, 0.6) is 0 Å². The molecule has 0 aliphatic rings. The van der Waals surface area contributed by atoms with Gasteiger partial charge in [-0.25, -0.2) is 8.42 Å². The van der Waals surface area contributed by atoms with E-state index in [0.29, 0.717) is 11.3 Å². The van der Waals surface area contributed by atoms with Crippen LogP contribution in [0.4, 0.5) is 24.5 Å². The molecule has 3 aromatic rings. The fraction of sp³-hybridized carbons (Fsp3) is 0.174. The Morgan fingerprint density at radius 2 is 1.59 bits per heavy atom. The highest BCUT2D eigenvalue weighted by Gasteiger charge is 2.34. The summed E-state index contributed by atoms with van der Waals surface area (Å²) in [5.74, 6) is -0.846. The lowest BCUT2D eigenvalue weighted by molar-refractivity contribution is -0.136. The molecule has 168 valence electrons. The van der Waals surface area contributed by atoms with Crippen molar-refractivity contribution in [3.05, 3.63) is 89.5 Å². The second-order valence-corrected chi connectivity index (χ2v) is 8.81. The van der Waals surface area contributed by atoms with Crippen LogP contribution in [0, 0.1) is 6.92 Å². The molecular weight excluding hydrogens is 441 g/mol. The molecule has 0 aliphatic heterocycles. The van der Waals surface area contributed by atoms with Gasteiger partial charge in [0.15, 0.2) is 0 Å². The zero-order valence-corrected chi connectivity index (χ0v) is 18.2. The maximum Gasteiger partial charge on any atom is 0.418 e. The predicted molar refractivity (Wildman–Crippen MR) is 117 cm³/mol. The van der Waals surface area contributed by atoms with Crippen molar-refractivity contribution in [3.63, 3.8) is 0 Å². The first-order valence-electron chi connectivity index (χ1n) is 9.71. The molecule has 0 fully saturated rings. The zero-order valence-electron chi connectivity index (χ0n) is 17.3. The van der Waals surface area contributed by atoms with Gasteiger partial charge in [0.05, 0.1) is 21.8 Å². The Morgan fingerprint density at radius 1 is 0.969 bits per heavy atom. The summed E-state index contributed by atoms with van der Waals surface area (Å²) in [6.45, 7) is 3.43. The molecule has 1 N–H and O–H groups in total. The van der Waals surface area contributed by atoms with E-state index in [1.165, 1.54) is 34.6 Å². The maximum atomic E-state index is 13.3. The lowest BCUT2D eigenvalue weighted by atomic mass is 10.1. The molecule has 0 aromatic heterocycles. The summed E-state index contributed by atoms with van der Waals surface area (Å²) in [6.07, 6.45) is -4.65. The first-order chi connectivity index (χ1) is 15.1. The third-order valence-corrected chi connectivity index (χ3v) is 6.88. The van der Waals surface area contributed by atoms with Crippen LogP contribution < -0.4 is 9.62 Å². The number of benzene rings is 3. The normalized spacial score (nSPS) is 11.8. The molecule has 0 unspecified atom stereocenters. The van der Waals surface area contributed by atoms with Crippen molar-refractivity contribution in [3.8, 4) is 0 Å². The summed E-state index contributed by atoms with van der Waals surface area (Å²) in [7, 11) is -4.02. The van der Waals surface area contributed by atoms with E-state index in [9.17, 15) is 26.4 Å². The number of hydrogen-bond acceptors (Lipinski definition) is 3. The van der Waals surface area contributed by atoms with Gasteiger partial charge in [-0.15, -0.1) is 0 Å². The van der Waals surface area contributed by atoms with Crippen LogP contribution in [0.1, 0.15) is 28.4 Å². The molecule has 3 aromatic carbocycles. The lowest BCUT2D eigenvalue weighted by Crippen LogP contribution is -2.31. The number of amides is 1. The Hall–Kier alpha value is -3.33. The van der Waals surface area contributed by atoms with Crippen LogP contribution in [0.15, 0.2) is 77.7 Å². The minimum atomic E-state index is -4.65. The van der Waals surface area contributed by atoms with E-state index < -0.39 is 33.4 Å². The van der Waals surface area contributed by atoms with E-state index in [1.54, 1.807) is 44.2 Å². The van der Waals surface area contributed by atoms with Crippen LogP contribution >= 0.6 is 0 Å². The first kappa shape index (κ1) is 23.3. The molecule has 32 heavy (non-hydrogen) atoms. The molecule has 0 heterocycles. The molecular formula is C23H21F3N2O3S. The summed E-state index contributed by atoms with van der Waals surface area (Å²) >= 11 is 0. The van der Waals surface area contributed by atoms with Crippen molar-refractivity contribution in [2.24, 2.45) is 0 Å². The molecule has 0 bridgehead atoms. The highest BCUT2D eigenvalue weighted by molar-refractivity contribution is 7.92. The van der Waals surface area contributed by atoms with Crippen molar-refractivity contribution >= 4 is 27.3 Å². The second-order valence-electron chi connectivity index (χ2n) is 6.98. The first-order valence-corrected chi connectivity index (χ1v) is 11.2. The van der Waals surface area contributed by atoms with Crippen molar-refractivity contribution in [1.82, 2.24) is 0 Å². The third kappa shape index (κ3) is 4.77. The van der Waals surface area contributed by atoms with Gasteiger partial charge < -0.3 is 5.32 Å². The standard InChI is InChI=1S/C23H21F3N2O3S/c1-3-28(18-9-5-4-6-10-18)32(30,31)21-15-17(14-13-16(21)2)22(29)27-20-12-8-7-11-19(20)23(24,25)26/h4-15H,3H2,1-2H3,(H,27,29). The number of sulfonamides is 1. The number of nitrogens with zero attached hydrogens (tertiary/aromatic N) is 1. The number of aryl methyl sites for hydroxylation is 1. The molecule has 0 radical (unpaired) electrons. The van der Waals surface area contributed by atoms with Crippen molar-refractivity contribution < 1.29 is 26.4 Å². The number of rotatable bonds is 6. The zero-order chi connectivity index (χ0) is 23.5. The van der Waals surface area contributed by atoms with Crippen LogP contribution in [0.2, 0.25) is 0 Å². The number of para-hydroxylation sites is 2. The van der Waals surface area contributed by atoms with Crippen LogP contribution in [0.25, 0.3) is 0 Å². The molecule has 0 aliphatic carbocycles. The Balaban J connectivity index is 1.98. The minimum Gasteiger partial charge on any atom is -0.321 e. The summed E-state index contributed by atoms with van der Waals surface area (Å²) in [4.78, 5) is 12.6. The maximum absolute atomic E-state index is 13.3. The van der Waals surface area contributed by atoms with Crippen LogP contribution in [-0.2, 0) is 16.2 Å². The largest absolute Gasteiger partial charge is 0.418 e. The fourth-order valence-corrected chi connectivity index (χ4v) is 4.98.